The van der Waals surface area contributed by atoms with Gasteiger partial charge in [-0.2, -0.15) is 0 Å². The van der Waals surface area contributed by atoms with Crippen LogP contribution in [0.25, 0.3) is 0 Å². The van der Waals surface area contributed by atoms with Gasteiger partial charge >= 0.3 is 0 Å². The van der Waals surface area contributed by atoms with Gasteiger partial charge in [-0.05, 0) is 18.1 Å². The maximum atomic E-state index is 5.63. The summed E-state index contributed by atoms with van der Waals surface area (Å²) in [7, 11) is 2.08. The maximum Gasteiger partial charge on any atom is 0.0772 e. The first-order valence-corrected chi connectivity index (χ1v) is 5.00. The summed E-state index contributed by atoms with van der Waals surface area (Å²) in [5.74, 6) is 0.644. The fraction of sp³-hybridized carbons (Fsp3) is 0.545. The van der Waals surface area contributed by atoms with Crippen LogP contribution in [0.15, 0.2) is 18.3 Å². The van der Waals surface area contributed by atoms with E-state index < -0.39 is 0 Å². The van der Waals surface area contributed by atoms with Crippen LogP contribution in [-0.4, -0.2) is 18.6 Å². The van der Waals surface area contributed by atoms with Crippen molar-refractivity contribution in [1.29, 1.82) is 0 Å². The molecule has 3 nitrogen and oxygen atoms in total. The van der Waals surface area contributed by atoms with Crippen LogP contribution in [0.4, 0.5) is 5.69 Å². The van der Waals surface area contributed by atoms with Crippen LogP contribution in [-0.2, 0) is 6.54 Å². The molecule has 0 aliphatic heterocycles. The molecule has 0 saturated carbocycles. The third-order valence-corrected chi connectivity index (χ3v) is 2.11. The molecule has 0 atom stereocenters. The molecule has 14 heavy (non-hydrogen) atoms. The standard InChI is InChI=1S/C11H19N3/c1-9(2)8-14(3)11-5-4-6-13-10(11)7-12/h4-6,9H,7-8,12H2,1-3H3. The SMILES string of the molecule is CC(C)CN(C)c1cccnc1CN. The van der Waals surface area contributed by atoms with E-state index in [4.69, 9.17) is 5.73 Å². The molecular formula is C11H19N3. The molecular weight excluding hydrogens is 174 g/mol. The predicted octanol–water partition coefficient (Wildman–Crippen LogP) is 1.63. The second-order valence-electron chi connectivity index (χ2n) is 3.95. The molecule has 2 N–H and O–H groups in total. The molecule has 0 saturated heterocycles. The van der Waals surface area contributed by atoms with E-state index >= 15 is 0 Å². The number of aromatic nitrogens is 1. The first-order valence-electron chi connectivity index (χ1n) is 5.00. The Hall–Kier alpha value is -1.09. The Balaban J connectivity index is 2.82. The molecule has 0 amide bonds. The van der Waals surface area contributed by atoms with Crippen molar-refractivity contribution in [2.75, 3.05) is 18.5 Å². The number of hydrogen-bond acceptors (Lipinski definition) is 3. The minimum absolute atomic E-state index is 0.499. The van der Waals surface area contributed by atoms with Gasteiger partial charge in [0.2, 0.25) is 0 Å². The van der Waals surface area contributed by atoms with Gasteiger partial charge in [-0.1, -0.05) is 13.8 Å². The van der Waals surface area contributed by atoms with Gasteiger partial charge in [-0.3, -0.25) is 4.98 Å². The van der Waals surface area contributed by atoms with Crippen molar-refractivity contribution in [3.63, 3.8) is 0 Å². The number of nitrogens with zero attached hydrogens (tertiary/aromatic N) is 2. The summed E-state index contributed by atoms with van der Waals surface area (Å²) in [6, 6.07) is 4.02. The van der Waals surface area contributed by atoms with Crippen molar-refractivity contribution >= 4 is 5.69 Å². The first-order chi connectivity index (χ1) is 6.65. The van der Waals surface area contributed by atoms with Crippen LogP contribution in [0.3, 0.4) is 0 Å². The lowest BCUT2D eigenvalue weighted by molar-refractivity contribution is 0.636. The Bertz CT molecular complexity index is 284. The van der Waals surface area contributed by atoms with Gasteiger partial charge in [-0.25, -0.2) is 0 Å². The fourth-order valence-corrected chi connectivity index (χ4v) is 1.58. The molecule has 0 bridgehead atoms. The monoisotopic (exact) mass is 193 g/mol. The summed E-state index contributed by atoms with van der Waals surface area (Å²) in [6.45, 7) is 5.93. The van der Waals surface area contributed by atoms with E-state index in [1.165, 1.54) is 0 Å². The lowest BCUT2D eigenvalue weighted by Gasteiger charge is -2.23. The zero-order valence-electron chi connectivity index (χ0n) is 9.20. The van der Waals surface area contributed by atoms with Gasteiger partial charge in [0, 0.05) is 26.3 Å². The quantitative estimate of drug-likeness (QED) is 0.790. The van der Waals surface area contributed by atoms with Crippen molar-refractivity contribution in [3.8, 4) is 0 Å². The van der Waals surface area contributed by atoms with Gasteiger partial charge in [-0.15, -0.1) is 0 Å². The number of anilines is 1. The van der Waals surface area contributed by atoms with Crippen LogP contribution in [0.2, 0.25) is 0 Å². The second-order valence-corrected chi connectivity index (χ2v) is 3.95. The first kappa shape index (κ1) is 11.0. The number of rotatable bonds is 4. The van der Waals surface area contributed by atoms with E-state index in [2.05, 4.69) is 36.8 Å². The molecule has 78 valence electrons. The Kier molecular flexibility index (Phi) is 3.89. The van der Waals surface area contributed by atoms with Crippen molar-refractivity contribution in [2.24, 2.45) is 11.7 Å². The second kappa shape index (κ2) is 4.96. The van der Waals surface area contributed by atoms with E-state index in [9.17, 15) is 0 Å². The van der Waals surface area contributed by atoms with Crippen LogP contribution >= 0.6 is 0 Å². The van der Waals surface area contributed by atoms with Crippen molar-refractivity contribution < 1.29 is 0 Å². The smallest absolute Gasteiger partial charge is 0.0772 e. The van der Waals surface area contributed by atoms with E-state index in [1.54, 1.807) is 6.20 Å². The van der Waals surface area contributed by atoms with Gasteiger partial charge < -0.3 is 10.6 Å². The highest BCUT2D eigenvalue weighted by atomic mass is 15.1. The summed E-state index contributed by atoms with van der Waals surface area (Å²) in [5, 5.41) is 0. The summed E-state index contributed by atoms with van der Waals surface area (Å²) < 4.78 is 0. The van der Waals surface area contributed by atoms with Crippen molar-refractivity contribution in [2.45, 2.75) is 20.4 Å². The molecule has 3 heteroatoms. The summed E-state index contributed by atoms with van der Waals surface area (Å²) in [6.07, 6.45) is 1.79. The van der Waals surface area contributed by atoms with E-state index in [1.807, 2.05) is 6.07 Å². The zero-order chi connectivity index (χ0) is 10.6. The Morgan fingerprint density at radius 3 is 2.79 bits per heavy atom. The third kappa shape index (κ3) is 2.70. The van der Waals surface area contributed by atoms with Crippen LogP contribution in [0.5, 0.6) is 0 Å². The molecule has 0 radical (unpaired) electrons. The fourth-order valence-electron chi connectivity index (χ4n) is 1.58. The Morgan fingerprint density at radius 1 is 1.50 bits per heavy atom. The average molecular weight is 193 g/mol. The molecule has 1 heterocycles. The van der Waals surface area contributed by atoms with Gasteiger partial charge in [0.15, 0.2) is 0 Å². The van der Waals surface area contributed by atoms with Gasteiger partial charge in [0.05, 0.1) is 11.4 Å². The molecule has 0 fully saturated rings. The predicted molar refractivity (Wildman–Crippen MR) is 60.2 cm³/mol. The maximum absolute atomic E-state index is 5.63. The number of pyridine rings is 1. The zero-order valence-corrected chi connectivity index (χ0v) is 9.20. The molecule has 1 aromatic rings. The van der Waals surface area contributed by atoms with Crippen molar-refractivity contribution in [1.82, 2.24) is 4.98 Å². The minimum Gasteiger partial charge on any atom is -0.373 e. The number of hydrogen-bond donors (Lipinski definition) is 1. The van der Waals surface area contributed by atoms with E-state index in [0.29, 0.717) is 12.5 Å². The average Bonchev–Trinajstić information content (AvgIpc) is 2.16. The van der Waals surface area contributed by atoms with Crippen molar-refractivity contribution in [3.05, 3.63) is 24.0 Å². The summed E-state index contributed by atoms with van der Waals surface area (Å²) in [5.41, 5.74) is 7.74. The van der Waals surface area contributed by atoms with Gasteiger partial charge in [0.1, 0.15) is 0 Å². The molecule has 0 aliphatic carbocycles. The molecule has 0 spiro atoms. The normalized spacial score (nSPS) is 10.6. The third-order valence-electron chi connectivity index (χ3n) is 2.11. The highest BCUT2D eigenvalue weighted by molar-refractivity contribution is 5.49. The highest BCUT2D eigenvalue weighted by Crippen LogP contribution is 2.17. The van der Waals surface area contributed by atoms with Crippen LogP contribution in [0, 0.1) is 5.92 Å². The molecule has 0 aromatic carbocycles. The van der Waals surface area contributed by atoms with Crippen LogP contribution in [0.1, 0.15) is 19.5 Å². The Morgan fingerprint density at radius 2 is 2.21 bits per heavy atom. The Labute approximate surface area is 85.9 Å². The molecule has 0 unspecified atom stereocenters. The minimum atomic E-state index is 0.499. The van der Waals surface area contributed by atoms with Gasteiger partial charge in [0.25, 0.3) is 0 Å². The van der Waals surface area contributed by atoms with E-state index in [0.717, 1.165) is 17.9 Å². The number of nitrogens with two attached hydrogens (primary N) is 1. The van der Waals surface area contributed by atoms with E-state index in [-0.39, 0.29) is 0 Å². The largest absolute Gasteiger partial charge is 0.373 e. The van der Waals surface area contributed by atoms with Crippen LogP contribution < -0.4 is 10.6 Å². The summed E-state index contributed by atoms with van der Waals surface area (Å²) >= 11 is 0. The molecule has 1 rings (SSSR count). The molecule has 1 aromatic heterocycles. The lowest BCUT2D eigenvalue weighted by atomic mass is 10.2. The topological polar surface area (TPSA) is 42.2 Å². The highest BCUT2D eigenvalue weighted by Gasteiger charge is 2.07. The summed E-state index contributed by atoms with van der Waals surface area (Å²) in [4.78, 5) is 6.47. The lowest BCUT2D eigenvalue weighted by Crippen LogP contribution is -2.24. The molecule has 0 aliphatic rings.